The third-order valence-corrected chi connectivity index (χ3v) is 7.48. The second kappa shape index (κ2) is 7.26. The Morgan fingerprint density at radius 3 is 2.85 bits per heavy atom. The summed E-state index contributed by atoms with van der Waals surface area (Å²) < 4.78 is 6.94. The lowest BCUT2D eigenvalue weighted by atomic mass is 10.1. The van der Waals surface area contributed by atoms with Crippen molar-refractivity contribution in [1.29, 1.82) is 0 Å². The van der Waals surface area contributed by atoms with Crippen LogP contribution in [0.15, 0.2) is 53.4 Å². The van der Waals surface area contributed by atoms with Crippen LogP contribution in [0.3, 0.4) is 0 Å². The highest BCUT2D eigenvalue weighted by molar-refractivity contribution is 8.01. The van der Waals surface area contributed by atoms with Crippen molar-refractivity contribution in [2.45, 2.75) is 35.5 Å². The summed E-state index contributed by atoms with van der Waals surface area (Å²) in [6.45, 7) is 1.38. The van der Waals surface area contributed by atoms with Gasteiger partial charge in [-0.25, -0.2) is 4.98 Å². The van der Waals surface area contributed by atoms with E-state index in [1.165, 1.54) is 10.5 Å². The van der Waals surface area contributed by atoms with Crippen molar-refractivity contribution in [2.24, 2.45) is 0 Å². The largest absolute Gasteiger partial charge is 0.376 e. The zero-order valence-electron chi connectivity index (χ0n) is 14.8. The Morgan fingerprint density at radius 2 is 2.04 bits per heavy atom. The highest BCUT2D eigenvalue weighted by Crippen LogP contribution is 2.39. The van der Waals surface area contributed by atoms with Crippen molar-refractivity contribution >= 4 is 44.4 Å². The molecule has 0 radical (unpaired) electrons. The van der Waals surface area contributed by atoms with Gasteiger partial charge in [-0.2, -0.15) is 0 Å². The number of ether oxygens (including phenoxy) is 1. The Morgan fingerprint density at radius 1 is 1.19 bits per heavy atom. The quantitative estimate of drug-likeness (QED) is 0.650. The van der Waals surface area contributed by atoms with Crippen molar-refractivity contribution in [3.05, 3.63) is 54.1 Å². The Kier molecular flexibility index (Phi) is 4.63. The summed E-state index contributed by atoms with van der Waals surface area (Å²) in [4.78, 5) is 21.3. The SMILES string of the molecule is O=C([C@@H]1Cc2ccccc2S1)N(C[C@@H]1CCCO1)c1nc2ccccc2s1. The van der Waals surface area contributed by atoms with E-state index in [0.717, 1.165) is 41.2 Å². The van der Waals surface area contributed by atoms with Crippen LogP contribution in [0, 0.1) is 0 Å². The van der Waals surface area contributed by atoms with Gasteiger partial charge in [-0.1, -0.05) is 41.7 Å². The number of hydrogen-bond donors (Lipinski definition) is 0. The number of benzene rings is 2. The molecular formula is C21H20N2O2S2. The van der Waals surface area contributed by atoms with E-state index in [1.54, 1.807) is 23.1 Å². The van der Waals surface area contributed by atoms with Crippen LogP contribution in [-0.2, 0) is 16.0 Å². The highest BCUT2D eigenvalue weighted by Gasteiger charge is 2.35. The molecule has 5 rings (SSSR count). The molecule has 1 fully saturated rings. The Hall–Kier alpha value is -1.89. The molecule has 0 N–H and O–H groups in total. The van der Waals surface area contributed by atoms with Gasteiger partial charge in [0.25, 0.3) is 0 Å². The van der Waals surface area contributed by atoms with E-state index >= 15 is 0 Å². The molecule has 138 valence electrons. The number of carbonyl (C=O) groups is 1. The second-order valence-electron chi connectivity index (χ2n) is 6.97. The summed E-state index contributed by atoms with van der Waals surface area (Å²) >= 11 is 3.27. The molecule has 2 atom stereocenters. The number of thiazole rings is 1. The third-order valence-electron chi connectivity index (χ3n) is 5.11. The first-order valence-corrected chi connectivity index (χ1v) is 11.0. The van der Waals surface area contributed by atoms with Gasteiger partial charge in [0.15, 0.2) is 5.13 Å². The van der Waals surface area contributed by atoms with Gasteiger partial charge in [-0.3, -0.25) is 9.69 Å². The van der Waals surface area contributed by atoms with Crippen molar-refractivity contribution in [2.75, 3.05) is 18.1 Å². The zero-order valence-corrected chi connectivity index (χ0v) is 16.5. The molecule has 2 aromatic carbocycles. The van der Waals surface area contributed by atoms with Gasteiger partial charge in [-0.05, 0) is 43.0 Å². The summed E-state index contributed by atoms with van der Waals surface area (Å²) in [6.07, 6.45) is 2.96. The average Bonchev–Trinajstić information content (AvgIpc) is 3.44. The number of rotatable bonds is 4. The summed E-state index contributed by atoms with van der Waals surface area (Å²) in [5.74, 6) is 0.144. The van der Waals surface area contributed by atoms with Crippen LogP contribution in [0.25, 0.3) is 10.2 Å². The number of amides is 1. The molecule has 0 saturated carbocycles. The molecule has 1 amide bonds. The zero-order chi connectivity index (χ0) is 18.2. The van der Waals surface area contributed by atoms with Crippen LogP contribution in [0.1, 0.15) is 18.4 Å². The highest BCUT2D eigenvalue weighted by atomic mass is 32.2. The lowest BCUT2D eigenvalue weighted by Crippen LogP contribution is -2.42. The predicted molar refractivity (Wildman–Crippen MR) is 111 cm³/mol. The first-order valence-electron chi connectivity index (χ1n) is 9.31. The van der Waals surface area contributed by atoms with Gasteiger partial charge in [0.1, 0.15) is 0 Å². The number of anilines is 1. The first-order chi connectivity index (χ1) is 13.3. The average molecular weight is 397 g/mol. The lowest BCUT2D eigenvalue weighted by Gasteiger charge is -2.25. The standard InChI is InChI=1S/C21H20N2O2S2/c24-20(19-12-14-6-1-3-9-17(14)26-19)23(13-15-7-5-11-25-15)21-22-16-8-2-4-10-18(16)27-21/h1-4,6,8-10,15,19H,5,7,11-13H2/t15-,19-/m0/s1. The molecule has 6 heteroatoms. The third kappa shape index (κ3) is 3.37. The van der Waals surface area contributed by atoms with E-state index in [-0.39, 0.29) is 17.3 Å². The normalized spacial score (nSPS) is 21.5. The number of para-hydroxylation sites is 1. The van der Waals surface area contributed by atoms with Gasteiger partial charge < -0.3 is 4.74 Å². The Labute approximate surface area is 166 Å². The molecule has 3 aromatic rings. The first kappa shape index (κ1) is 17.2. The van der Waals surface area contributed by atoms with Crippen molar-refractivity contribution in [1.82, 2.24) is 4.98 Å². The summed E-state index contributed by atoms with van der Waals surface area (Å²) in [5, 5.41) is 0.698. The number of nitrogens with zero attached hydrogens (tertiary/aromatic N) is 2. The van der Waals surface area contributed by atoms with Gasteiger partial charge >= 0.3 is 0 Å². The summed E-state index contributed by atoms with van der Waals surface area (Å²) in [5.41, 5.74) is 2.22. The van der Waals surface area contributed by atoms with Crippen LogP contribution in [0.2, 0.25) is 0 Å². The number of thioether (sulfide) groups is 1. The summed E-state index contributed by atoms with van der Waals surface area (Å²) in [6, 6.07) is 16.4. The number of hydrogen-bond acceptors (Lipinski definition) is 5. The Balaban J connectivity index is 1.45. The van der Waals surface area contributed by atoms with Crippen molar-refractivity contribution in [3.8, 4) is 0 Å². The number of fused-ring (bicyclic) bond motifs is 2. The van der Waals surface area contributed by atoms with E-state index < -0.39 is 0 Å². The Bertz CT molecular complexity index is 923. The van der Waals surface area contributed by atoms with E-state index in [4.69, 9.17) is 9.72 Å². The molecule has 0 aliphatic carbocycles. The molecule has 3 heterocycles. The topological polar surface area (TPSA) is 42.4 Å². The fourth-order valence-electron chi connectivity index (χ4n) is 3.72. The molecule has 4 nitrogen and oxygen atoms in total. The lowest BCUT2D eigenvalue weighted by molar-refractivity contribution is -0.118. The van der Waals surface area contributed by atoms with Crippen molar-refractivity contribution in [3.63, 3.8) is 0 Å². The molecule has 2 aliphatic rings. The second-order valence-corrected chi connectivity index (χ2v) is 9.22. The molecular weight excluding hydrogens is 376 g/mol. The molecule has 2 aliphatic heterocycles. The van der Waals surface area contributed by atoms with Gasteiger partial charge in [-0.15, -0.1) is 11.8 Å². The summed E-state index contributed by atoms with van der Waals surface area (Å²) in [7, 11) is 0. The van der Waals surface area contributed by atoms with E-state index in [2.05, 4.69) is 18.2 Å². The molecule has 0 bridgehead atoms. The van der Waals surface area contributed by atoms with E-state index in [9.17, 15) is 4.79 Å². The minimum Gasteiger partial charge on any atom is -0.376 e. The maximum atomic E-state index is 13.5. The van der Waals surface area contributed by atoms with Crippen LogP contribution in [0.5, 0.6) is 0 Å². The minimum absolute atomic E-state index is 0.0872. The van der Waals surface area contributed by atoms with E-state index in [0.29, 0.717) is 6.54 Å². The van der Waals surface area contributed by atoms with E-state index in [1.807, 2.05) is 35.2 Å². The fraction of sp³-hybridized carbons (Fsp3) is 0.333. The molecule has 27 heavy (non-hydrogen) atoms. The maximum absolute atomic E-state index is 13.5. The van der Waals surface area contributed by atoms with Gasteiger partial charge in [0.2, 0.25) is 5.91 Å². The number of carbonyl (C=O) groups excluding carboxylic acids is 1. The molecule has 0 unspecified atom stereocenters. The molecule has 1 saturated heterocycles. The van der Waals surface area contributed by atoms with Crippen molar-refractivity contribution < 1.29 is 9.53 Å². The van der Waals surface area contributed by atoms with Crippen LogP contribution < -0.4 is 4.90 Å². The van der Waals surface area contributed by atoms with Crippen LogP contribution in [-0.4, -0.2) is 35.4 Å². The predicted octanol–water partition coefficient (Wildman–Crippen LogP) is 4.53. The maximum Gasteiger partial charge on any atom is 0.242 e. The van der Waals surface area contributed by atoms with Crippen LogP contribution in [0.4, 0.5) is 5.13 Å². The number of aromatic nitrogens is 1. The smallest absolute Gasteiger partial charge is 0.242 e. The van der Waals surface area contributed by atoms with Gasteiger partial charge in [0, 0.05) is 11.5 Å². The molecule has 1 aromatic heterocycles. The van der Waals surface area contributed by atoms with Crippen LogP contribution >= 0.6 is 23.1 Å². The monoisotopic (exact) mass is 396 g/mol. The molecule has 0 spiro atoms. The fourth-order valence-corrected chi connectivity index (χ4v) is 5.96. The minimum atomic E-state index is -0.0872. The van der Waals surface area contributed by atoms with Gasteiger partial charge in [0.05, 0.1) is 28.1 Å².